The zero-order valence-corrected chi connectivity index (χ0v) is 19.9. The van der Waals surface area contributed by atoms with Crippen LogP contribution in [0.2, 0.25) is 5.02 Å². The van der Waals surface area contributed by atoms with Gasteiger partial charge in [-0.15, -0.1) is 0 Å². The predicted molar refractivity (Wildman–Crippen MR) is 127 cm³/mol. The topological polar surface area (TPSA) is 67.9 Å². The van der Waals surface area contributed by atoms with Gasteiger partial charge in [-0.3, -0.25) is 9.59 Å². The summed E-state index contributed by atoms with van der Waals surface area (Å²) in [6, 6.07) is 14.1. The van der Waals surface area contributed by atoms with E-state index in [4.69, 9.17) is 21.1 Å². The van der Waals surface area contributed by atoms with Crippen molar-refractivity contribution in [1.29, 1.82) is 0 Å². The van der Waals surface area contributed by atoms with Gasteiger partial charge in [0, 0.05) is 24.5 Å². The Balaban J connectivity index is 2.00. The Bertz CT molecular complexity index is 857. The van der Waals surface area contributed by atoms with Crippen molar-refractivity contribution >= 4 is 23.4 Å². The molecule has 2 aromatic rings. The number of carbonyl (C=O) groups is 2. The third-order valence-electron chi connectivity index (χ3n) is 5.10. The number of benzene rings is 2. The van der Waals surface area contributed by atoms with E-state index in [2.05, 4.69) is 12.2 Å². The first-order valence-corrected chi connectivity index (χ1v) is 11.4. The highest BCUT2D eigenvalue weighted by molar-refractivity contribution is 6.30. The minimum atomic E-state index is -0.581. The van der Waals surface area contributed by atoms with Crippen molar-refractivity contribution in [3.63, 3.8) is 0 Å². The third kappa shape index (κ3) is 8.42. The van der Waals surface area contributed by atoms with E-state index in [1.54, 1.807) is 43.2 Å². The Hall–Kier alpha value is -2.73. The molecule has 2 rings (SSSR count). The second-order valence-electron chi connectivity index (χ2n) is 7.60. The molecule has 1 atom stereocenters. The van der Waals surface area contributed by atoms with E-state index >= 15 is 0 Å². The van der Waals surface area contributed by atoms with E-state index < -0.39 is 6.04 Å². The van der Waals surface area contributed by atoms with E-state index in [-0.39, 0.29) is 18.2 Å². The maximum absolute atomic E-state index is 13.1. The fraction of sp³-hybridized carbons (Fsp3) is 0.440. The highest BCUT2D eigenvalue weighted by atomic mass is 35.5. The van der Waals surface area contributed by atoms with Crippen molar-refractivity contribution in [2.75, 3.05) is 20.3 Å². The molecule has 2 aromatic carbocycles. The molecule has 0 spiro atoms. The average molecular weight is 461 g/mol. The molecule has 0 bridgehead atoms. The Labute approximate surface area is 195 Å². The van der Waals surface area contributed by atoms with E-state index in [1.165, 1.54) is 0 Å². The fourth-order valence-electron chi connectivity index (χ4n) is 3.17. The molecule has 0 saturated heterocycles. The number of nitrogens with one attached hydrogen (secondary N) is 1. The summed E-state index contributed by atoms with van der Waals surface area (Å²) in [5, 5.41) is 3.57. The Morgan fingerprint density at radius 3 is 2.53 bits per heavy atom. The zero-order valence-electron chi connectivity index (χ0n) is 19.1. The second kappa shape index (κ2) is 13.6. The summed E-state index contributed by atoms with van der Waals surface area (Å²) in [5.41, 5.74) is 0.906. The molecule has 0 saturated carbocycles. The number of hydrogen-bond acceptors (Lipinski definition) is 4. The summed E-state index contributed by atoms with van der Waals surface area (Å²) in [7, 11) is 1.60. The van der Waals surface area contributed by atoms with Gasteiger partial charge >= 0.3 is 0 Å². The summed E-state index contributed by atoms with van der Waals surface area (Å²) < 4.78 is 11.0. The molecule has 0 aliphatic rings. The van der Waals surface area contributed by atoms with Gasteiger partial charge in [0.05, 0.1) is 13.7 Å². The lowest BCUT2D eigenvalue weighted by Crippen LogP contribution is -2.47. The van der Waals surface area contributed by atoms with Gasteiger partial charge in [0.15, 0.2) is 0 Å². The third-order valence-corrected chi connectivity index (χ3v) is 5.35. The Kier molecular flexibility index (Phi) is 10.9. The van der Waals surface area contributed by atoms with Crippen molar-refractivity contribution < 1.29 is 19.1 Å². The molecule has 1 N–H and O–H groups in total. The summed E-state index contributed by atoms with van der Waals surface area (Å²) in [6.45, 7) is 5.17. The molecule has 0 heterocycles. The first-order chi connectivity index (χ1) is 15.4. The van der Waals surface area contributed by atoms with Crippen LogP contribution in [0.4, 0.5) is 0 Å². The van der Waals surface area contributed by atoms with Crippen molar-refractivity contribution in [1.82, 2.24) is 10.2 Å². The van der Waals surface area contributed by atoms with E-state index in [0.29, 0.717) is 42.6 Å². The lowest BCUT2D eigenvalue weighted by atomic mass is 10.1. The molecule has 0 aromatic heterocycles. The van der Waals surface area contributed by atoms with Crippen LogP contribution in [0, 0.1) is 0 Å². The smallest absolute Gasteiger partial charge is 0.242 e. The fourth-order valence-corrected chi connectivity index (χ4v) is 3.30. The van der Waals surface area contributed by atoms with E-state index in [9.17, 15) is 9.59 Å². The van der Waals surface area contributed by atoms with Gasteiger partial charge in [-0.25, -0.2) is 0 Å². The number of rotatable bonds is 13. The molecule has 174 valence electrons. The molecule has 0 fully saturated rings. The highest BCUT2D eigenvalue weighted by Crippen LogP contribution is 2.18. The van der Waals surface area contributed by atoms with Crippen LogP contribution < -0.4 is 14.8 Å². The van der Waals surface area contributed by atoms with Crippen LogP contribution in [0.25, 0.3) is 0 Å². The predicted octanol–water partition coefficient (Wildman–Crippen LogP) is 4.84. The van der Waals surface area contributed by atoms with Gasteiger partial charge < -0.3 is 19.7 Å². The van der Waals surface area contributed by atoms with Crippen LogP contribution in [-0.4, -0.2) is 43.0 Å². The van der Waals surface area contributed by atoms with Crippen molar-refractivity contribution in [2.45, 2.75) is 52.1 Å². The van der Waals surface area contributed by atoms with Crippen molar-refractivity contribution in [2.24, 2.45) is 0 Å². The first-order valence-electron chi connectivity index (χ1n) is 11.0. The molecule has 0 unspecified atom stereocenters. The number of nitrogens with zero attached hydrogens (tertiary/aromatic N) is 1. The van der Waals surface area contributed by atoms with E-state index in [0.717, 1.165) is 18.4 Å². The molecule has 0 radical (unpaired) electrons. The average Bonchev–Trinajstić information content (AvgIpc) is 2.81. The monoisotopic (exact) mass is 460 g/mol. The lowest BCUT2D eigenvalue weighted by Gasteiger charge is -2.29. The van der Waals surface area contributed by atoms with Gasteiger partial charge in [-0.05, 0) is 61.7 Å². The summed E-state index contributed by atoms with van der Waals surface area (Å²) in [6.07, 6.45) is 2.73. The molecule has 0 aliphatic heterocycles. The van der Waals surface area contributed by atoms with Gasteiger partial charge in [-0.1, -0.05) is 37.1 Å². The Morgan fingerprint density at radius 2 is 1.84 bits per heavy atom. The van der Waals surface area contributed by atoms with Crippen molar-refractivity contribution in [3.8, 4) is 11.5 Å². The summed E-state index contributed by atoms with van der Waals surface area (Å²) in [5.74, 6) is 1.18. The zero-order chi connectivity index (χ0) is 23.3. The minimum absolute atomic E-state index is 0.0920. The number of amides is 2. The molecule has 0 aliphatic carbocycles. The van der Waals surface area contributed by atoms with E-state index in [1.807, 2.05) is 24.3 Å². The summed E-state index contributed by atoms with van der Waals surface area (Å²) >= 11 is 5.88. The second-order valence-corrected chi connectivity index (χ2v) is 8.04. The number of halogens is 1. The minimum Gasteiger partial charge on any atom is -0.497 e. The number of carbonyl (C=O) groups excluding carboxylic acids is 2. The number of unbranched alkanes of at least 4 members (excludes halogenated alkanes) is 1. The quantitative estimate of drug-likeness (QED) is 0.434. The normalized spacial score (nSPS) is 11.5. The SMILES string of the molecule is CCCCNC(=O)[C@H](C)N(Cc1cccc(OC)c1)C(=O)CCCOc1ccc(Cl)cc1. The van der Waals surface area contributed by atoms with Gasteiger partial charge in [0.1, 0.15) is 17.5 Å². The van der Waals surface area contributed by atoms with Crippen LogP contribution in [0.15, 0.2) is 48.5 Å². The van der Waals surface area contributed by atoms with Crippen LogP contribution in [-0.2, 0) is 16.1 Å². The maximum Gasteiger partial charge on any atom is 0.242 e. The first kappa shape index (κ1) is 25.5. The molecule has 32 heavy (non-hydrogen) atoms. The van der Waals surface area contributed by atoms with Crippen LogP contribution in [0.1, 0.15) is 45.1 Å². The van der Waals surface area contributed by atoms with Crippen LogP contribution >= 0.6 is 11.6 Å². The number of methoxy groups -OCH3 is 1. The van der Waals surface area contributed by atoms with Crippen LogP contribution in [0.5, 0.6) is 11.5 Å². The van der Waals surface area contributed by atoms with Gasteiger partial charge in [-0.2, -0.15) is 0 Å². The molecule has 6 nitrogen and oxygen atoms in total. The standard InChI is InChI=1S/C25H33ClN2O4/c1-4-5-15-27-25(30)19(2)28(18-20-8-6-9-23(17-20)31-3)24(29)10-7-16-32-22-13-11-21(26)12-14-22/h6,8-9,11-14,17,19H,4-5,7,10,15-16,18H2,1-3H3,(H,27,30)/t19-/m0/s1. The lowest BCUT2D eigenvalue weighted by molar-refractivity contribution is -0.140. The maximum atomic E-state index is 13.1. The Morgan fingerprint density at radius 1 is 1.09 bits per heavy atom. The van der Waals surface area contributed by atoms with Gasteiger partial charge in [0.25, 0.3) is 0 Å². The number of hydrogen-bond donors (Lipinski definition) is 1. The molecule has 7 heteroatoms. The highest BCUT2D eigenvalue weighted by Gasteiger charge is 2.25. The van der Waals surface area contributed by atoms with Crippen LogP contribution in [0.3, 0.4) is 0 Å². The number of ether oxygens (including phenoxy) is 2. The van der Waals surface area contributed by atoms with Gasteiger partial charge in [0.2, 0.25) is 11.8 Å². The van der Waals surface area contributed by atoms with Crippen molar-refractivity contribution in [3.05, 3.63) is 59.1 Å². The summed E-state index contributed by atoms with van der Waals surface area (Å²) in [4.78, 5) is 27.4. The largest absolute Gasteiger partial charge is 0.497 e. The molecular weight excluding hydrogens is 428 g/mol. The molecular formula is C25H33ClN2O4. The molecule has 2 amide bonds.